The zero-order valence-electron chi connectivity index (χ0n) is 13.2. The summed E-state index contributed by atoms with van der Waals surface area (Å²) < 4.78 is 37.5. The van der Waals surface area contributed by atoms with Crippen LogP contribution >= 0.6 is 11.3 Å². The van der Waals surface area contributed by atoms with Crippen LogP contribution < -0.4 is 10.6 Å². The molecule has 0 atom stereocenters. The van der Waals surface area contributed by atoms with Gasteiger partial charge in [-0.3, -0.25) is 4.99 Å². The number of halogens is 3. The zero-order chi connectivity index (χ0) is 16.7. The van der Waals surface area contributed by atoms with Gasteiger partial charge in [-0.2, -0.15) is 13.2 Å². The number of nitrogens with one attached hydrogen (secondary N) is 2. The molecule has 0 aliphatic heterocycles. The molecule has 0 unspecified atom stereocenters. The van der Waals surface area contributed by atoms with Crippen LogP contribution in [0.25, 0.3) is 0 Å². The van der Waals surface area contributed by atoms with Crippen molar-refractivity contribution in [2.75, 3.05) is 13.6 Å². The Balaban J connectivity index is 1.67. The summed E-state index contributed by atoms with van der Waals surface area (Å²) >= 11 is 0.998. The van der Waals surface area contributed by atoms with Gasteiger partial charge in [0.2, 0.25) is 0 Å². The van der Waals surface area contributed by atoms with E-state index in [1.54, 1.807) is 7.05 Å². The van der Waals surface area contributed by atoms with Gasteiger partial charge in [-0.1, -0.05) is 25.7 Å². The molecule has 2 N–H and O–H groups in total. The average Bonchev–Trinajstić information content (AvgIpc) is 3.17. The first-order valence-corrected chi connectivity index (χ1v) is 8.83. The SMILES string of the molecule is CN=C(NCCCC1CCCC1)NCc1nc(C(F)(F)F)cs1. The van der Waals surface area contributed by atoms with Gasteiger partial charge >= 0.3 is 6.18 Å². The van der Waals surface area contributed by atoms with Gasteiger partial charge in [0, 0.05) is 19.0 Å². The number of aromatic nitrogens is 1. The molecule has 1 fully saturated rings. The number of hydrogen-bond donors (Lipinski definition) is 2. The molecule has 1 aliphatic rings. The molecule has 1 saturated carbocycles. The Bertz CT molecular complexity index is 507. The molecule has 8 heteroatoms. The predicted octanol–water partition coefficient (Wildman–Crippen LogP) is 3.80. The first kappa shape index (κ1) is 18.0. The van der Waals surface area contributed by atoms with E-state index in [9.17, 15) is 13.2 Å². The monoisotopic (exact) mass is 348 g/mol. The van der Waals surface area contributed by atoms with E-state index in [0.717, 1.165) is 35.6 Å². The zero-order valence-corrected chi connectivity index (χ0v) is 14.1. The minimum absolute atomic E-state index is 0.239. The lowest BCUT2D eigenvalue weighted by Crippen LogP contribution is -2.37. The highest BCUT2D eigenvalue weighted by Crippen LogP contribution is 2.30. The molecule has 1 aliphatic carbocycles. The van der Waals surface area contributed by atoms with Crippen molar-refractivity contribution in [1.82, 2.24) is 15.6 Å². The van der Waals surface area contributed by atoms with Gasteiger partial charge in [0.05, 0.1) is 6.54 Å². The number of aliphatic imine (C=N–C) groups is 1. The van der Waals surface area contributed by atoms with Gasteiger partial charge in [-0.15, -0.1) is 11.3 Å². The normalized spacial score (nSPS) is 16.8. The van der Waals surface area contributed by atoms with Crippen LogP contribution in [0.3, 0.4) is 0 Å². The lowest BCUT2D eigenvalue weighted by atomic mass is 10.0. The van der Waals surface area contributed by atoms with Crippen LogP contribution in [0.15, 0.2) is 10.4 Å². The van der Waals surface area contributed by atoms with Gasteiger partial charge in [-0.05, 0) is 18.8 Å². The molecule has 1 heterocycles. The Morgan fingerprint density at radius 3 is 2.70 bits per heavy atom. The van der Waals surface area contributed by atoms with Gasteiger partial charge in [0.15, 0.2) is 11.7 Å². The van der Waals surface area contributed by atoms with Crippen molar-refractivity contribution in [2.45, 2.75) is 51.2 Å². The third-order valence-corrected chi connectivity index (χ3v) is 4.88. The molecule has 1 aromatic heterocycles. The van der Waals surface area contributed by atoms with Crippen molar-refractivity contribution >= 4 is 17.3 Å². The molecule has 0 radical (unpaired) electrons. The van der Waals surface area contributed by atoms with Crippen molar-refractivity contribution in [3.05, 3.63) is 16.1 Å². The van der Waals surface area contributed by atoms with Crippen LogP contribution in [0.5, 0.6) is 0 Å². The Labute approximate surface area is 138 Å². The maximum absolute atomic E-state index is 12.5. The Hall–Kier alpha value is -1.31. The van der Waals surface area contributed by atoms with Crippen LogP contribution in [-0.2, 0) is 12.7 Å². The molecule has 0 amide bonds. The quantitative estimate of drug-likeness (QED) is 0.467. The summed E-state index contributed by atoms with van der Waals surface area (Å²) in [7, 11) is 1.65. The summed E-state index contributed by atoms with van der Waals surface area (Å²) in [5, 5.41) is 7.62. The number of nitrogens with zero attached hydrogens (tertiary/aromatic N) is 2. The van der Waals surface area contributed by atoms with Crippen LogP contribution in [0, 0.1) is 5.92 Å². The number of hydrogen-bond acceptors (Lipinski definition) is 3. The maximum atomic E-state index is 12.5. The lowest BCUT2D eigenvalue weighted by molar-refractivity contribution is -0.140. The molecular formula is C15H23F3N4S. The molecule has 2 rings (SSSR count). The molecule has 0 aromatic carbocycles. The molecule has 0 saturated heterocycles. The van der Waals surface area contributed by atoms with E-state index >= 15 is 0 Å². The van der Waals surface area contributed by atoms with Crippen molar-refractivity contribution in [3.8, 4) is 0 Å². The highest BCUT2D eigenvalue weighted by Gasteiger charge is 2.33. The minimum atomic E-state index is -4.38. The molecule has 1 aromatic rings. The second-order valence-electron chi connectivity index (χ2n) is 5.77. The standard InChI is InChI=1S/C15H23F3N4S/c1-19-14(20-8-4-7-11-5-2-3-6-11)21-9-13-22-12(10-23-13)15(16,17)18/h10-11H,2-9H2,1H3,(H2,19,20,21). The summed E-state index contributed by atoms with van der Waals surface area (Å²) in [4.78, 5) is 7.66. The Kier molecular flexibility index (Phi) is 6.68. The molecule has 130 valence electrons. The first-order valence-electron chi connectivity index (χ1n) is 7.95. The smallest absolute Gasteiger partial charge is 0.356 e. The van der Waals surface area contributed by atoms with Crippen molar-refractivity contribution in [2.24, 2.45) is 10.9 Å². The van der Waals surface area contributed by atoms with Crippen LogP contribution in [0.1, 0.15) is 49.2 Å². The summed E-state index contributed by atoms with van der Waals surface area (Å²) in [5.74, 6) is 1.46. The minimum Gasteiger partial charge on any atom is -0.356 e. The van der Waals surface area contributed by atoms with E-state index in [4.69, 9.17) is 0 Å². The van der Waals surface area contributed by atoms with Gasteiger partial charge in [0.25, 0.3) is 0 Å². The largest absolute Gasteiger partial charge is 0.434 e. The highest BCUT2D eigenvalue weighted by molar-refractivity contribution is 7.09. The average molecular weight is 348 g/mol. The van der Waals surface area contributed by atoms with E-state index in [1.807, 2.05) is 0 Å². The number of guanidine groups is 1. The summed E-state index contributed by atoms with van der Waals surface area (Å²) in [6.45, 7) is 1.06. The lowest BCUT2D eigenvalue weighted by Gasteiger charge is -2.12. The highest BCUT2D eigenvalue weighted by atomic mass is 32.1. The van der Waals surface area contributed by atoms with Crippen LogP contribution in [0.2, 0.25) is 0 Å². The maximum Gasteiger partial charge on any atom is 0.434 e. The summed E-state index contributed by atoms with van der Waals surface area (Å²) in [6.07, 6.45) is 3.34. The summed E-state index contributed by atoms with van der Waals surface area (Å²) in [6, 6.07) is 0. The van der Waals surface area contributed by atoms with Crippen LogP contribution in [-0.4, -0.2) is 24.5 Å². The van der Waals surface area contributed by atoms with E-state index in [-0.39, 0.29) is 6.54 Å². The van der Waals surface area contributed by atoms with E-state index in [2.05, 4.69) is 20.6 Å². The first-order chi connectivity index (χ1) is 11.0. The van der Waals surface area contributed by atoms with Gasteiger partial charge < -0.3 is 10.6 Å². The molecule has 0 spiro atoms. The molecule has 23 heavy (non-hydrogen) atoms. The number of alkyl halides is 3. The fraction of sp³-hybridized carbons (Fsp3) is 0.733. The van der Waals surface area contributed by atoms with Crippen LogP contribution in [0.4, 0.5) is 13.2 Å². The van der Waals surface area contributed by atoms with Gasteiger partial charge in [-0.25, -0.2) is 4.98 Å². The summed E-state index contributed by atoms with van der Waals surface area (Å²) in [5.41, 5.74) is -0.834. The topological polar surface area (TPSA) is 49.3 Å². The van der Waals surface area contributed by atoms with Crippen molar-refractivity contribution < 1.29 is 13.2 Å². The Morgan fingerprint density at radius 2 is 2.09 bits per heavy atom. The third kappa shape index (κ3) is 6.01. The van der Waals surface area contributed by atoms with Crippen molar-refractivity contribution in [1.29, 1.82) is 0 Å². The van der Waals surface area contributed by atoms with Gasteiger partial charge in [0.1, 0.15) is 5.01 Å². The fourth-order valence-electron chi connectivity index (χ4n) is 2.80. The molecule has 4 nitrogen and oxygen atoms in total. The van der Waals surface area contributed by atoms with E-state index in [0.29, 0.717) is 11.0 Å². The molecular weight excluding hydrogens is 325 g/mol. The second kappa shape index (κ2) is 8.52. The molecule has 0 bridgehead atoms. The fourth-order valence-corrected chi connectivity index (χ4v) is 3.54. The van der Waals surface area contributed by atoms with E-state index in [1.165, 1.54) is 32.1 Å². The second-order valence-corrected chi connectivity index (χ2v) is 6.71. The van der Waals surface area contributed by atoms with E-state index < -0.39 is 11.9 Å². The number of rotatable bonds is 6. The predicted molar refractivity (Wildman–Crippen MR) is 86.5 cm³/mol. The van der Waals surface area contributed by atoms with Crippen molar-refractivity contribution in [3.63, 3.8) is 0 Å². The third-order valence-electron chi connectivity index (χ3n) is 4.03. The number of thiazole rings is 1. The Morgan fingerprint density at radius 1 is 1.35 bits per heavy atom.